The summed E-state index contributed by atoms with van der Waals surface area (Å²) in [6.45, 7) is 2.60. The molecule has 29 heavy (non-hydrogen) atoms. The average Bonchev–Trinajstić information content (AvgIpc) is 2.76. The molecule has 6 nitrogen and oxygen atoms in total. The van der Waals surface area contributed by atoms with E-state index in [1.54, 1.807) is 6.07 Å². The molecule has 1 heterocycles. The molecule has 2 aromatic rings. The molecule has 6 heteroatoms. The number of fused-ring (bicyclic) bond motifs is 2. The SMILES string of the molecule is C[C@@H](NC(=O)COC(=O)c1ccc2c(c1)CCCC2)c1ccc2c(c1)OCCO2. The second-order valence-electron chi connectivity index (χ2n) is 7.46. The molecule has 0 radical (unpaired) electrons. The fraction of sp³-hybridized carbons (Fsp3) is 0.391. The summed E-state index contributed by atoms with van der Waals surface area (Å²) in [5, 5.41) is 2.85. The average molecular weight is 395 g/mol. The van der Waals surface area contributed by atoms with Crippen molar-refractivity contribution in [3.8, 4) is 11.5 Å². The van der Waals surface area contributed by atoms with E-state index < -0.39 is 5.97 Å². The number of carbonyl (C=O) groups is 2. The highest BCUT2D eigenvalue weighted by atomic mass is 16.6. The maximum Gasteiger partial charge on any atom is 0.338 e. The third kappa shape index (κ3) is 4.53. The van der Waals surface area contributed by atoms with Gasteiger partial charge in [-0.05, 0) is 73.6 Å². The maximum absolute atomic E-state index is 12.3. The van der Waals surface area contributed by atoms with Crippen LogP contribution in [-0.4, -0.2) is 31.7 Å². The van der Waals surface area contributed by atoms with Crippen molar-refractivity contribution in [2.24, 2.45) is 0 Å². The van der Waals surface area contributed by atoms with Crippen molar-refractivity contribution in [1.82, 2.24) is 5.32 Å². The molecule has 1 N–H and O–H groups in total. The molecule has 1 aliphatic heterocycles. The fourth-order valence-corrected chi connectivity index (χ4v) is 3.77. The van der Waals surface area contributed by atoms with Gasteiger partial charge in [0.2, 0.25) is 0 Å². The van der Waals surface area contributed by atoms with Crippen molar-refractivity contribution in [2.75, 3.05) is 19.8 Å². The summed E-state index contributed by atoms with van der Waals surface area (Å²) in [5.41, 5.74) is 3.91. The van der Waals surface area contributed by atoms with Crippen LogP contribution in [0, 0.1) is 0 Å². The Hall–Kier alpha value is -3.02. The Morgan fingerprint density at radius 1 is 1.00 bits per heavy atom. The monoisotopic (exact) mass is 395 g/mol. The highest BCUT2D eigenvalue weighted by molar-refractivity contribution is 5.91. The van der Waals surface area contributed by atoms with Crippen LogP contribution in [0.25, 0.3) is 0 Å². The van der Waals surface area contributed by atoms with Crippen LogP contribution >= 0.6 is 0 Å². The van der Waals surface area contributed by atoms with E-state index in [0.29, 0.717) is 30.3 Å². The highest BCUT2D eigenvalue weighted by Crippen LogP contribution is 2.32. The van der Waals surface area contributed by atoms with Gasteiger partial charge in [-0.2, -0.15) is 0 Å². The normalized spacial score (nSPS) is 15.8. The zero-order valence-electron chi connectivity index (χ0n) is 16.5. The van der Waals surface area contributed by atoms with Crippen LogP contribution < -0.4 is 14.8 Å². The van der Waals surface area contributed by atoms with E-state index in [4.69, 9.17) is 14.2 Å². The van der Waals surface area contributed by atoms with E-state index in [1.807, 2.05) is 37.3 Å². The predicted octanol–water partition coefficient (Wildman–Crippen LogP) is 3.37. The molecule has 0 saturated heterocycles. The van der Waals surface area contributed by atoms with Crippen molar-refractivity contribution in [3.05, 3.63) is 58.7 Å². The number of benzene rings is 2. The zero-order chi connectivity index (χ0) is 20.2. The first-order chi connectivity index (χ1) is 14.1. The Labute approximate surface area is 170 Å². The van der Waals surface area contributed by atoms with E-state index in [1.165, 1.54) is 17.5 Å². The lowest BCUT2D eigenvalue weighted by Crippen LogP contribution is -2.31. The van der Waals surface area contributed by atoms with Crippen LogP contribution in [0.3, 0.4) is 0 Å². The summed E-state index contributed by atoms with van der Waals surface area (Å²) in [4.78, 5) is 24.6. The first-order valence-corrected chi connectivity index (χ1v) is 10.1. The summed E-state index contributed by atoms with van der Waals surface area (Å²) in [6, 6.07) is 11.0. The molecule has 0 saturated carbocycles. The Kier molecular flexibility index (Phi) is 5.69. The van der Waals surface area contributed by atoms with Crippen LogP contribution in [0.4, 0.5) is 0 Å². The molecular weight excluding hydrogens is 370 g/mol. The minimum Gasteiger partial charge on any atom is -0.486 e. The van der Waals surface area contributed by atoms with Gasteiger partial charge in [0, 0.05) is 0 Å². The van der Waals surface area contributed by atoms with Crippen molar-refractivity contribution >= 4 is 11.9 Å². The number of hydrogen-bond donors (Lipinski definition) is 1. The predicted molar refractivity (Wildman–Crippen MR) is 107 cm³/mol. The quantitative estimate of drug-likeness (QED) is 0.786. The van der Waals surface area contributed by atoms with Crippen LogP contribution in [0.1, 0.15) is 52.9 Å². The van der Waals surface area contributed by atoms with Gasteiger partial charge in [0.05, 0.1) is 11.6 Å². The van der Waals surface area contributed by atoms with Gasteiger partial charge in [0.1, 0.15) is 13.2 Å². The molecule has 1 atom stereocenters. The minimum absolute atomic E-state index is 0.249. The van der Waals surface area contributed by atoms with Crippen molar-refractivity contribution < 1.29 is 23.8 Å². The van der Waals surface area contributed by atoms with Crippen molar-refractivity contribution in [3.63, 3.8) is 0 Å². The highest BCUT2D eigenvalue weighted by Gasteiger charge is 2.18. The maximum atomic E-state index is 12.3. The largest absolute Gasteiger partial charge is 0.486 e. The Balaban J connectivity index is 1.31. The minimum atomic E-state index is -0.472. The third-order valence-corrected chi connectivity index (χ3v) is 5.36. The number of ether oxygens (including phenoxy) is 3. The lowest BCUT2D eigenvalue weighted by molar-refractivity contribution is -0.124. The van der Waals surface area contributed by atoms with Gasteiger partial charge in [-0.1, -0.05) is 12.1 Å². The molecule has 0 unspecified atom stereocenters. The smallest absolute Gasteiger partial charge is 0.338 e. The van der Waals surface area contributed by atoms with Crippen LogP contribution in [0.5, 0.6) is 11.5 Å². The first-order valence-electron chi connectivity index (χ1n) is 10.1. The molecule has 0 spiro atoms. The Morgan fingerprint density at radius 3 is 2.59 bits per heavy atom. The van der Waals surface area contributed by atoms with Crippen molar-refractivity contribution in [2.45, 2.75) is 38.6 Å². The summed E-state index contributed by atoms with van der Waals surface area (Å²) >= 11 is 0. The van der Waals surface area contributed by atoms with Gasteiger partial charge in [0.15, 0.2) is 18.1 Å². The summed E-state index contributed by atoms with van der Waals surface area (Å²) in [6.07, 6.45) is 4.39. The lowest BCUT2D eigenvalue weighted by atomic mass is 9.90. The van der Waals surface area contributed by atoms with E-state index in [2.05, 4.69) is 5.32 Å². The summed E-state index contributed by atoms with van der Waals surface area (Å²) in [5.74, 6) is 0.561. The van der Waals surface area contributed by atoms with Crippen LogP contribution in [0.2, 0.25) is 0 Å². The van der Waals surface area contributed by atoms with Crippen molar-refractivity contribution in [1.29, 1.82) is 0 Å². The number of aryl methyl sites for hydroxylation is 2. The second-order valence-corrected chi connectivity index (χ2v) is 7.46. The van der Waals surface area contributed by atoms with Crippen LogP contribution in [0.15, 0.2) is 36.4 Å². The fourth-order valence-electron chi connectivity index (χ4n) is 3.77. The summed E-state index contributed by atoms with van der Waals surface area (Å²) in [7, 11) is 0. The first kappa shape index (κ1) is 19.3. The van der Waals surface area contributed by atoms with Gasteiger partial charge in [-0.25, -0.2) is 4.79 Å². The molecule has 4 rings (SSSR count). The number of esters is 1. The molecule has 0 fully saturated rings. The molecule has 0 bridgehead atoms. The molecule has 2 aliphatic rings. The molecule has 0 aromatic heterocycles. The Morgan fingerprint density at radius 2 is 1.76 bits per heavy atom. The van der Waals surface area contributed by atoms with E-state index >= 15 is 0 Å². The molecule has 2 aromatic carbocycles. The molecule has 1 aliphatic carbocycles. The lowest BCUT2D eigenvalue weighted by Gasteiger charge is -2.21. The third-order valence-electron chi connectivity index (χ3n) is 5.36. The van der Waals surface area contributed by atoms with E-state index in [-0.39, 0.29) is 18.6 Å². The van der Waals surface area contributed by atoms with Crippen LogP contribution in [-0.2, 0) is 22.4 Å². The van der Waals surface area contributed by atoms with Gasteiger partial charge in [-0.3, -0.25) is 4.79 Å². The zero-order valence-corrected chi connectivity index (χ0v) is 16.5. The standard InChI is InChI=1S/C23H25NO5/c1-15(17-8-9-20-21(13-17)28-11-10-27-20)24-22(25)14-29-23(26)19-7-6-16-4-2-3-5-18(16)12-19/h6-9,12-13,15H,2-5,10-11,14H2,1H3,(H,24,25)/t15-/m1/s1. The van der Waals surface area contributed by atoms with Gasteiger partial charge < -0.3 is 19.5 Å². The topological polar surface area (TPSA) is 73.9 Å². The Bertz CT molecular complexity index is 923. The number of amides is 1. The second kappa shape index (κ2) is 8.55. The van der Waals surface area contributed by atoms with E-state index in [9.17, 15) is 9.59 Å². The molecule has 1 amide bonds. The number of rotatable bonds is 5. The van der Waals surface area contributed by atoms with Gasteiger partial charge in [-0.15, -0.1) is 0 Å². The number of hydrogen-bond acceptors (Lipinski definition) is 5. The van der Waals surface area contributed by atoms with Gasteiger partial charge in [0.25, 0.3) is 5.91 Å². The summed E-state index contributed by atoms with van der Waals surface area (Å²) < 4.78 is 16.3. The van der Waals surface area contributed by atoms with Gasteiger partial charge >= 0.3 is 5.97 Å². The number of carbonyl (C=O) groups excluding carboxylic acids is 2. The molecular formula is C23H25NO5. The number of nitrogens with one attached hydrogen (secondary N) is 1. The van der Waals surface area contributed by atoms with E-state index in [0.717, 1.165) is 24.8 Å². The molecule has 152 valence electrons.